The van der Waals surface area contributed by atoms with Crippen LogP contribution < -0.4 is 5.32 Å². The normalized spacial score (nSPS) is 19.2. The number of nitrogens with one attached hydrogen (secondary N) is 1. The molecule has 1 atom stereocenters. The van der Waals surface area contributed by atoms with Gasteiger partial charge in [0.25, 0.3) is 0 Å². The Kier molecular flexibility index (Phi) is 4.57. The van der Waals surface area contributed by atoms with Crippen molar-refractivity contribution in [3.8, 4) is 0 Å². The molecule has 1 heterocycles. The van der Waals surface area contributed by atoms with Crippen molar-refractivity contribution in [2.75, 3.05) is 20.2 Å². The number of benzene rings is 1. The summed E-state index contributed by atoms with van der Waals surface area (Å²) in [7, 11) is 1.77. The maximum Gasteiger partial charge on any atom is 0.0583 e. The Hall–Kier alpha value is -0.860. The van der Waals surface area contributed by atoms with Crippen LogP contribution in [0.4, 0.5) is 0 Å². The number of hydrogen-bond donors (Lipinski definition) is 1. The van der Waals surface area contributed by atoms with E-state index < -0.39 is 0 Å². The number of piperidine rings is 1. The highest BCUT2D eigenvalue weighted by Crippen LogP contribution is 2.25. The number of hydrogen-bond acceptors (Lipinski definition) is 2. The smallest absolute Gasteiger partial charge is 0.0583 e. The average molecular weight is 233 g/mol. The first-order valence-corrected chi connectivity index (χ1v) is 6.62. The van der Waals surface area contributed by atoms with Crippen molar-refractivity contribution in [1.29, 1.82) is 0 Å². The van der Waals surface area contributed by atoms with Crippen LogP contribution in [0.5, 0.6) is 0 Å². The van der Waals surface area contributed by atoms with Crippen LogP contribution in [-0.4, -0.2) is 26.3 Å². The second-order valence-electron chi connectivity index (χ2n) is 5.02. The molecule has 17 heavy (non-hydrogen) atoms. The van der Waals surface area contributed by atoms with Gasteiger partial charge in [-0.1, -0.05) is 24.3 Å². The number of methoxy groups -OCH3 is 1. The Labute approximate surface area is 104 Å². The van der Waals surface area contributed by atoms with E-state index in [9.17, 15) is 0 Å². The molecular formula is C15H23NO. The summed E-state index contributed by atoms with van der Waals surface area (Å²) in [6, 6.07) is 9.11. The SMILES string of the molecule is COC(C)Cc1ccc(C2CCNCC2)cc1. The summed E-state index contributed by atoms with van der Waals surface area (Å²) in [4.78, 5) is 0. The topological polar surface area (TPSA) is 21.3 Å². The molecule has 1 aliphatic heterocycles. The second kappa shape index (κ2) is 6.18. The molecule has 0 saturated carbocycles. The van der Waals surface area contributed by atoms with E-state index in [-0.39, 0.29) is 0 Å². The van der Waals surface area contributed by atoms with Crippen LogP contribution in [0.1, 0.15) is 36.8 Å². The van der Waals surface area contributed by atoms with Crippen LogP contribution in [0.3, 0.4) is 0 Å². The molecule has 1 aromatic carbocycles. The van der Waals surface area contributed by atoms with E-state index >= 15 is 0 Å². The zero-order chi connectivity index (χ0) is 12.1. The molecule has 1 aromatic rings. The number of ether oxygens (including phenoxy) is 1. The minimum absolute atomic E-state index is 0.305. The number of rotatable bonds is 4. The third-order valence-corrected chi connectivity index (χ3v) is 3.72. The monoisotopic (exact) mass is 233 g/mol. The first kappa shape index (κ1) is 12.6. The van der Waals surface area contributed by atoms with Gasteiger partial charge < -0.3 is 10.1 Å². The summed E-state index contributed by atoms with van der Waals surface area (Å²) in [5.41, 5.74) is 2.87. The lowest BCUT2D eigenvalue weighted by Gasteiger charge is -2.23. The largest absolute Gasteiger partial charge is 0.381 e. The Bertz CT molecular complexity index is 327. The Balaban J connectivity index is 1.97. The van der Waals surface area contributed by atoms with Crippen molar-refractivity contribution < 1.29 is 4.74 Å². The van der Waals surface area contributed by atoms with Crippen LogP contribution in [0.25, 0.3) is 0 Å². The second-order valence-corrected chi connectivity index (χ2v) is 5.02. The maximum atomic E-state index is 5.29. The summed E-state index contributed by atoms with van der Waals surface area (Å²) >= 11 is 0. The van der Waals surface area contributed by atoms with Crippen LogP contribution in [0, 0.1) is 0 Å². The van der Waals surface area contributed by atoms with E-state index in [1.807, 2.05) is 0 Å². The molecular weight excluding hydrogens is 210 g/mol. The van der Waals surface area contributed by atoms with Crippen molar-refractivity contribution in [3.63, 3.8) is 0 Å². The van der Waals surface area contributed by atoms with Crippen molar-refractivity contribution in [1.82, 2.24) is 5.32 Å². The molecule has 2 nitrogen and oxygen atoms in total. The first-order chi connectivity index (χ1) is 8.29. The molecule has 0 radical (unpaired) electrons. The zero-order valence-corrected chi connectivity index (χ0v) is 10.9. The molecule has 2 heteroatoms. The Morgan fingerprint density at radius 3 is 2.47 bits per heavy atom. The van der Waals surface area contributed by atoms with Crippen molar-refractivity contribution in [2.24, 2.45) is 0 Å². The Morgan fingerprint density at radius 2 is 1.88 bits per heavy atom. The third-order valence-electron chi connectivity index (χ3n) is 3.72. The van der Waals surface area contributed by atoms with E-state index in [1.165, 1.54) is 24.0 Å². The fraction of sp³-hybridized carbons (Fsp3) is 0.600. The molecule has 0 amide bonds. The molecule has 2 rings (SSSR count). The fourth-order valence-corrected chi connectivity index (χ4v) is 2.50. The molecule has 94 valence electrons. The highest BCUT2D eigenvalue weighted by atomic mass is 16.5. The summed E-state index contributed by atoms with van der Waals surface area (Å²) in [5.74, 6) is 0.755. The van der Waals surface area contributed by atoms with Gasteiger partial charge in [-0.15, -0.1) is 0 Å². The minimum Gasteiger partial charge on any atom is -0.381 e. The van der Waals surface area contributed by atoms with Crippen LogP contribution >= 0.6 is 0 Å². The lowest BCUT2D eigenvalue weighted by Crippen LogP contribution is -2.26. The van der Waals surface area contributed by atoms with Crippen LogP contribution in [0.2, 0.25) is 0 Å². The summed E-state index contributed by atoms with van der Waals surface area (Å²) < 4.78 is 5.29. The third kappa shape index (κ3) is 3.55. The first-order valence-electron chi connectivity index (χ1n) is 6.62. The molecule has 1 saturated heterocycles. The minimum atomic E-state index is 0.305. The fourth-order valence-electron chi connectivity index (χ4n) is 2.50. The van der Waals surface area contributed by atoms with E-state index in [1.54, 1.807) is 7.11 Å². The highest BCUT2D eigenvalue weighted by molar-refractivity contribution is 5.26. The lowest BCUT2D eigenvalue weighted by atomic mass is 9.89. The van der Waals surface area contributed by atoms with Gasteiger partial charge in [0, 0.05) is 7.11 Å². The summed E-state index contributed by atoms with van der Waals surface area (Å²) in [6.07, 6.45) is 3.85. The predicted octanol–water partition coefficient (Wildman–Crippen LogP) is 2.73. The van der Waals surface area contributed by atoms with Gasteiger partial charge in [0.15, 0.2) is 0 Å². The molecule has 1 N–H and O–H groups in total. The lowest BCUT2D eigenvalue weighted by molar-refractivity contribution is 0.119. The van der Waals surface area contributed by atoms with Crippen LogP contribution in [-0.2, 0) is 11.2 Å². The van der Waals surface area contributed by atoms with Gasteiger partial charge in [-0.05, 0) is 56.3 Å². The van der Waals surface area contributed by atoms with Crippen LogP contribution in [0.15, 0.2) is 24.3 Å². The van der Waals surface area contributed by atoms with E-state index in [4.69, 9.17) is 4.74 Å². The van der Waals surface area contributed by atoms with Gasteiger partial charge in [-0.25, -0.2) is 0 Å². The van der Waals surface area contributed by atoms with Crippen molar-refractivity contribution in [3.05, 3.63) is 35.4 Å². The van der Waals surface area contributed by atoms with Crippen molar-refractivity contribution >= 4 is 0 Å². The highest BCUT2D eigenvalue weighted by Gasteiger charge is 2.14. The van der Waals surface area contributed by atoms with E-state index in [2.05, 4.69) is 36.5 Å². The molecule has 0 spiro atoms. The Morgan fingerprint density at radius 1 is 1.24 bits per heavy atom. The standard InChI is InChI=1S/C15H23NO/c1-12(17-2)11-13-3-5-14(6-4-13)15-7-9-16-10-8-15/h3-6,12,15-16H,7-11H2,1-2H3. The maximum absolute atomic E-state index is 5.29. The van der Waals surface area contributed by atoms with Gasteiger partial charge in [0.2, 0.25) is 0 Å². The van der Waals surface area contributed by atoms with Gasteiger partial charge in [0.05, 0.1) is 6.10 Å². The van der Waals surface area contributed by atoms with Gasteiger partial charge in [-0.2, -0.15) is 0 Å². The van der Waals surface area contributed by atoms with E-state index in [0.717, 1.165) is 25.4 Å². The molecule has 0 aromatic heterocycles. The van der Waals surface area contributed by atoms with Crippen molar-refractivity contribution in [2.45, 2.75) is 38.2 Å². The molecule has 1 fully saturated rings. The van der Waals surface area contributed by atoms with Gasteiger partial charge in [-0.3, -0.25) is 0 Å². The summed E-state index contributed by atoms with van der Waals surface area (Å²) in [6.45, 7) is 4.43. The molecule has 0 bridgehead atoms. The quantitative estimate of drug-likeness (QED) is 0.863. The average Bonchev–Trinajstić information content (AvgIpc) is 2.40. The van der Waals surface area contributed by atoms with E-state index in [0.29, 0.717) is 6.10 Å². The summed E-state index contributed by atoms with van der Waals surface area (Å²) in [5, 5.41) is 3.41. The molecule has 1 aliphatic rings. The van der Waals surface area contributed by atoms with Gasteiger partial charge >= 0.3 is 0 Å². The van der Waals surface area contributed by atoms with Gasteiger partial charge in [0.1, 0.15) is 0 Å². The molecule has 0 aliphatic carbocycles. The molecule has 1 unspecified atom stereocenters. The predicted molar refractivity (Wildman–Crippen MR) is 71.5 cm³/mol. The zero-order valence-electron chi connectivity index (χ0n) is 10.9.